The van der Waals surface area contributed by atoms with Crippen molar-refractivity contribution >= 4 is 0 Å². The second-order valence-electron chi connectivity index (χ2n) is 4.47. The van der Waals surface area contributed by atoms with E-state index in [0.717, 1.165) is 6.42 Å². The third-order valence-electron chi connectivity index (χ3n) is 3.39. The molecule has 2 rings (SSSR count). The first-order valence-corrected chi connectivity index (χ1v) is 4.79. The Labute approximate surface area is 79.2 Å². The molecule has 0 bridgehead atoms. The minimum absolute atomic E-state index is 0.217. The lowest BCUT2D eigenvalue weighted by molar-refractivity contribution is 0.0954. The average Bonchev–Trinajstić information content (AvgIpc) is 2.15. The molecular weight excluding hydrogens is 160 g/mol. The van der Waals surface area contributed by atoms with Crippen molar-refractivity contribution in [1.82, 2.24) is 4.98 Å². The fraction of sp³-hybridized carbons (Fsp3) is 0.545. The first kappa shape index (κ1) is 8.70. The molecule has 0 aliphatic heterocycles. The van der Waals surface area contributed by atoms with Gasteiger partial charge in [-0.3, -0.25) is 4.98 Å². The molecule has 2 atom stereocenters. The van der Waals surface area contributed by atoms with Crippen LogP contribution in [0.1, 0.15) is 31.9 Å². The zero-order chi connectivity index (χ0) is 9.47. The number of pyridine rings is 1. The van der Waals surface area contributed by atoms with Crippen LogP contribution in [0.3, 0.4) is 0 Å². The van der Waals surface area contributed by atoms with E-state index in [1.807, 2.05) is 18.3 Å². The molecule has 0 aromatic carbocycles. The van der Waals surface area contributed by atoms with Gasteiger partial charge in [-0.2, -0.15) is 0 Å². The predicted octanol–water partition coefficient (Wildman–Crippen LogP) is 1.92. The maximum Gasteiger partial charge on any atom is 0.0441 e. The van der Waals surface area contributed by atoms with E-state index in [4.69, 9.17) is 5.73 Å². The molecule has 1 aromatic heterocycles. The van der Waals surface area contributed by atoms with Gasteiger partial charge in [0, 0.05) is 23.9 Å². The summed E-state index contributed by atoms with van der Waals surface area (Å²) in [7, 11) is 0. The fourth-order valence-electron chi connectivity index (χ4n) is 2.04. The second-order valence-corrected chi connectivity index (χ2v) is 4.47. The molecule has 1 aromatic rings. The molecular formula is C11H16N2. The molecule has 1 heterocycles. The third-order valence-corrected chi connectivity index (χ3v) is 3.39. The highest BCUT2D eigenvalue weighted by atomic mass is 14.8. The second kappa shape index (κ2) is 2.81. The molecule has 0 spiro atoms. The number of aromatic nitrogens is 1. The summed E-state index contributed by atoms with van der Waals surface area (Å²) in [6.07, 6.45) is 2.93. The van der Waals surface area contributed by atoms with Crippen LogP contribution in [-0.2, 0) is 0 Å². The Morgan fingerprint density at radius 3 is 2.69 bits per heavy atom. The summed E-state index contributed by atoms with van der Waals surface area (Å²) in [6, 6.07) is 6.43. The molecule has 1 aliphatic rings. The van der Waals surface area contributed by atoms with Crippen LogP contribution in [-0.4, -0.2) is 11.0 Å². The van der Waals surface area contributed by atoms with Crippen molar-refractivity contribution in [2.75, 3.05) is 0 Å². The number of nitrogens with two attached hydrogens (primary N) is 1. The summed E-state index contributed by atoms with van der Waals surface area (Å²) in [4.78, 5) is 4.38. The third kappa shape index (κ3) is 1.25. The van der Waals surface area contributed by atoms with E-state index >= 15 is 0 Å². The first-order valence-electron chi connectivity index (χ1n) is 4.79. The Hall–Kier alpha value is -0.890. The number of rotatable bonds is 1. The minimum Gasteiger partial charge on any atom is -0.327 e. The molecule has 2 heteroatoms. The fourth-order valence-corrected chi connectivity index (χ4v) is 2.04. The maximum atomic E-state index is 5.96. The lowest BCUT2D eigenvalue weighted by Gasteiger charge is -2.50. The van der Waals surface area contributed by atoms with Gasteiger partial charge < -0.3 is 5.73 Å². The Morgan fingerprint density at radius 2 is 2.23 bits per heavy atom. The number of hydrogen-bond donors (Lipinski definition) is 1. The quantitative estimate of drug-likeness (QED) is 0.710. The Balaban J connectivity index is 2.22. The van der Waals surface area contributed by atoms with Crippen molar-refractivity contribution in [1.29, 1.82) is 0 Å². The topological polar surface area (TPSA) is 38.9 Å². The lowest BCUT2D eigenvalue weighted by atomic mass is 9.58. The molecule has 13 heavy (non-hydrogen) atoms. The standard InChI is InChI=1S/C11H16N2/c1-11(2)8(7-10(11)12)9-5-3-4-6-13-9/h3-6,8,10H,7,12H2,1-2H3. The maximum absolute atomic E-state index is 5.96. The molecule has 0 saturated heterocycles. The van der Waals surface area contributed by atoms with Crippen LogP contribution >= 0.6 is 0 Å². The average molecular weight is 176 g/mol. The molecule has 1 aliphatic carbocycles. The van der Waals surface area contributed by atoms with Gasteiger partial charge in [-0.05, 0) is 24.0 Å². The van der Waals surface area contributed by atoms with Gasteiger partial charge >= 0.3 is 0 Å². The Kier molecular flexibility index (Phi) is 1.88. The van der Waals surface area contributed by atoms with Crippen molar-refractivity contribution in [3.63, 3.8) is 0 Å². The van der Waals surface area contributed by atoms with Crippen molar-refractivity contribution in [2.45, 2.75) is 32.2 Å². The molecule has 0 amide bonds. The zero-order valence-electron chi connectivity index (χ0n) is 8.20. The highest BCUT2D eigenvalue weighted by Gasteiger charge is 2.47. The van der Waals surface area contributed by atoms with Gasteiger partial charge in [0.2, 0.25) is 0 Å². The molecule has 0 radical (unpaired) electrons. The minimum atomic E-state index is 0.217. The van der Waals surface area contributed by atoms with Crippen molar-refractivity contribution in [3.8, 4) is 0 Å². The Morgan fingerprint density at radius 1 is 1.46 bits per heavy atom. The molecule has 1 saturated carbocycles. The van der Waals surface area contributed by atoms with E-state index in [1.54, 1.807) is 0 Å². The SMILES string of the molecule is CC1(C)C(N)CC1c1ccccn1. The van der Waals surface area contributed by atoms with Crippen LogP contribution in [0.25, 0.3) is 0 Å². The van der Waals surface area contributed by atoms with E-state index in [1.165, 1.54) is 5.69 Å². The van der Waals surface area contributed by atoms with Gasteiger partial charge in [0.1, 0.15) is 0 Å². The van der Waals surface area contributed by atoms with Crippen LogP contribution in [0.15, 0.2) is 24.4 Å². The van der Waals surface area contributed by atoms with Gasteiger partial charge in [0.15, 0.2) is 0 Å². The van der Waals surface area contributed by atoms with Crippen molar-refractivity contribution < 1.29 is 0 Å². The van der Waals surface area contributed by atoms with Gasteiger partial charge in [-0.1, -0.05) is 19.9 Å². The van der Waals surface area contributed by atoms with Crippen LogP contribution in [0, 0.1) is 5.41 Å². The number of hydrogen-bond acceptors (Lipinski definition) is 2. The summed E-state index contributed by atoms with van der Waals surface area (Å²) in [6.45, 7) is 4.45. The van der Waals surface area contributed by atoms with Crippen LogP contribution in [0.4, 0.5) is 0 Å². The molecule has 2 nitrogen and oxygen atoms in total. The molecule has 70 valence electrons. The summed E-state index contributed by atoms with van der Waals surface area (Å²) in [5.74, 6) is 0.545. The molecule has 2 N–H and O–H groups in total. The monoisotopic (exact) mass is 176 g/mol. The Bertz CT molecular complexity index is 292. The zero-order valence-corrected chi connectivity index (χ0v) is 8.20. The largest absolute Gasteiger partial charge is 0.327 e. The van der Waals surface area contributed by atoms with Crippen LogP contribution in [0.5, 0.6) is 0 Å². The summed E-state index contributed by atoms with van der Waals surface area (Å²) in [5, 5.41) is 0. The van der Waals surface area contributed by atoms with E-state index in [2.05, 4.69) is 24.9 Å². The highest BCUT2D eigenvalue weighted by molar-refractivity contribution is 5.20. The van der Waals surface area contributed by atoms with Gasteiger partial charge in [-0.15, -0.1) is 0 Å². The molecule has 1 fully saturated rings. The summed E-state index contributed by atoms with van der Waals surface area (Å²) >= 11 is 0. The highest BCUT2D eigenvalue weighted by Crippen LogP contribution is 2.50. The summed E-state index contributed by atoms with van der Waals surface area (Å²) in [5.41, 5.74) is 7.36. The van der Waals surface area contributed by atoms with E-state index in [0.29, 0.717) is 12.0 Å². The first-order chi connectivity index (χ1) is 6.12. The van der Waals surface area contributed by atoms with Crippen LogP contribution < -0.4 is 5.73 Å². The van der Waals surface area contributed by atoms with Crippen molar-refractivity contribution in [3.05, 3.63) is 30.1 Å². The van der Waals surface area contributed by atoms with Gasteiger partial charge in [-0.25, -0.2) is 0 Å². The van der Waals surface area contributed by atoms with E-state index in [-0.39, 0.29) is 5.41 Å². The van der Waals surface area contributed by atoms with E-state index in [9.17, 15) is 0 Å². The number of nitrogens with zero attached hydrogens (tertiary/aromatic N) is 1. The molecule has 2 unspecified atom stereocenters. The van der Waals surface area contributed by atoms with Crippen LogP contribution in [0.2, 0.25) is 0 Å². The summed E-state index contributed by atoms with van der Waals surface area (Å²) < 4.78 is 0. The predicted molar refractivity (Wildman–Crippen MR) is 53.4 cm³/mol. The lowest BCUT2D eigenvalue weighted by Crippen LogP contribution is -2.53. The van der Waals surface area contributed by atoms with E-state index < -0.39 is 0 Å². The van der Waals surface area contributed by atoms with Crippen molar-refractivity contribution in [2.24, 2.45) is 11.1 Å². The van der Waals surface area contributed by atoms with Gasteiger partial charge in [0.05, 0.1) is 0 Å². The normalized spacial score (nSPS) is 31.0. The smallest absolute Gasteiger partial charge is 0.0441 e. The van der Waals surface area contributed by atoms with Gasteiger partial charge in [0.25, 0.3) is 0 Å².